The SMILES string of the molecule is CC(=O)O[C@H]1C[C@]2(O)[C@@H]3CC[C@@H]4C[C@@H](NC(=O)N5CCOCC5)CC[C@]4(C)[C@H]3CC[C@]2(C)[C@H]1C1=CC(=O)OC1. The molecule has 0 bridgehead atoms. The second kappa shape index (κ2) is 9.75. The first kappa shape index (κ1) is 27.1. The Balaban J connectivity index is 1.21. The highest BCUT2D eigenvalue weighted by Crippen LogP contribution is 2.70. The van der Waals surface area contributed by atoms with E-state index in [-0.39, 0.29) is 47.9 Å². The van der Waals surface area contributed by atoms with Crippen molar-refractivity contribution < 1.29 is 33.7 Å². The highest BCUT2D eigenvalue weighted by Gasteiger charge is 2.71. The third-order valence-corrected chi connectivity index (χ3v) is 11.9. The summed E-state index contributed by atoms with van der Waals surface area (Å²) in [6.07, 6.45) is 8.23. The largest absolute Gasteiger partial charge is 0.462 e. The van der Waals surface area contributed by atoms with Gasteiger partial charge in [0.05, 0.1) is 18.8 Å². The fourth-order valence-corrected chi connectivity index (χ4v) is 9.94. The van der Waals surface area contributed by atoms with E-state index in [1.807, 2.05) is 4.90 Å². The summed E-state index contributed by atoms with van der Waals surface area (Å²) in [6, 6.07) is 0.212. The second-order valence-corrected chi connectivity index (χ2v) is 13.6. The number of ether oxygens (including phenoxy) is 3. The molecule has 0 radical (unpaired) electrons. The van der Waals surface area contributed by atoms with Gasteiger partial charge in [-0.3, -0.25) is 4.79 Å². The molecule has 0 aromatic heterocycles. The molecule has 6 aliphatic rings. The highest BCUT2D eigenvalue weighted by atomic mass is 16.5. The Hall–Kier alpha value is -2.13. The maximum absolute atomic E-state index is 12.9. The summed E-state index contributed by atoms with van der Waals surface area (Å²) >= 11 is 0. The van der Waals surface area contributed by atoms with Crippen molar-refractivity contribution in [2.75, 3.05) is 32.9 Å². The van der Waals surface area contributed by atoms with Crippen molar-refractivity contribution >= 4 is 18.0 Å². The van der Waals surface area contributed by atoms with E-state index in [4.69, 9.17) is 14.2 Å². The molecule has 4 saturated carbocycles. The zero-order valence-electron chi connectivity index (χ0n) is 23.6. The number of urea groups is 1. The number of nitrogens with zero attached hydrogens (tertiary/aromatic N) is 1. The molecule has 39 heavy (non-hydrogen) atoms. The Morgan fingerprint density at radius 3 is 2.56 bits per heavy atom. The van der Waals surface area contributed by atoms with Crippen LogP contribution in [0.4, 0.5) is 4.79 Å². The van der Waals surface area contributed by atoms with Gasteiger partial charge >= 0.3 is 18.0 Å². The van der Waals surface area contributed by atoms with Gasteiger partial charge in [0.2, 0.25) is 0 Å². The van der Waals surface area contributed by atoms with Gasteiger partial charge in [0.25, 0.3) is 0 Å². The number of carbonyl (C=O) groups is 3. The van der Waals surface area contributed by atoms with E-state index >= 15 is 0 Å². The predicted molar refractivity (Wildman–Crippen MR) is 141 cm³/mol. The third-order valence-electron chi connectivity index (χ3n) is 11.9. The van der Waals surface area contributed by atoms with Gasteiger partial charge < -0.3 is 29.5 Å². The van der Waals surface area contributed by atoms with Gasteiger partial charge in [0.1, 0.15) is 12.7 Å². The Morgan fingerprint density at radius 1 is 1.10 bits per heavy atom. The lowest BCUT2D eigenvalue weighted by Crippen LogP contribution is -2.63. The molecule has 9 atom stereocenters. The van der Waals surface area contributed by atoms with Crippen LogP contribution in [-0.4, -0.2) is 78.6 Å². The van der Waals surface area contributed by atoms with Gasteiger partial charge in [0.15, 0.2) is 0 Å². The van der Waals surface area contributed by atoms with E-state index in [0.717, 1.165) is 50.5 Å². The van der Waals surface area contributed by atoms with Crippen LogP contribution >= 0.6 is 0 Å². The van der Waals surface area contributed by atoms with E-state index in [1.54, 1.807) is 6.08 Å². The Labute approximate surface area is 231 Å². The fraction of sp³-hybridized carbons (Fsp3) is 0.833. The first-order chi connectivity index (χ1) is 18.5. The lowest BCUT2D eigenvalue weighted by Gasteiger charge is -2.63. The summed E-state index contributed by atoms with van der Waals surface area (Å²) in [7, 11) is 0. The molecule has 0 aromatic rings. The van der Waals surface area contributed by atoms with Crippen molar-refractivity contribution in [3.8, 4) is 0 Å². The number of aliphatic hydroxyl groups is 1. The fourth-order valence-electron chi connectivity index (χ4n) is 9.94. The van der Waals surface area contributed by atoms with Crippen LogP contribution in [-0.2, 0) is 23.8 Å². The van der Waals surface area contributed by atoms with Crippen molar-refractivity contribution in [3.63, 3.8) is 0 Å². The maximum atomic E-state index is 12.9. The lowest BCUT2D eigenvalue weighted by molar-refractivity contribution is -0.204. The van der Waals surface area contributed by atoms with Gasteiger partial charge in [-0.1, -0.05) is 13.8 Å². The average Bonchev–Trinajstić information content (AvgIpc) is 3.41. The number of rotatable bonds is 3. The molecule has 1 saturated heterocycles. The van der Waals surface area contributed by atoms with Crippen LogP contribution in [0.3, 0.4) is 0 Å². The second-order valence-electron chi connectivity index (χ2n) is 13.6. The number of morpholine rings is 1. The number of esters is 2. The minimum absolute atomic E-state index is 0.0283. The van der Waals surface area contributed by atoms with Gasteiger partial charge in [-0.2, -0.15) is 0 Å². The molecule has 6 rings (SSSR count). The highest BCUT2D eigenvalue weighted by molar-refractivity contribution is 5.85. The molecule has 0 aromatic carbocycles. The summed E-state index contributed by atoms with van der Waals surface area (Å²) in [5.74, 6) is 0.0446. The van der Waals surface area contributed by atoms with Crippen molar-refractivity contribution in [3.05, 3.63) is 11.6 Å². The van der Waals surface area contributed by atoms with Crippen molar-refractivity contribution in [1.82, 2.24) is 10.2 Å². The average molecular weight is 545 g/mol. The van der Waals surface area contributed by atoms with E-state index in [0.29, 0.717) is 44.6 Å². The van der Waals surface area contributed by atoms with Crippen LogP contribution < -0.4 is 5.32 Å². The van der Waals surface area contributed by atoms with Crippen LogP contribution in [0.5, 0.6) is 0 Å². The lowest BCUT2D eigenvalue weighted by atomic mass is 9.43. The Bertz CT molecular complexity index is 1060. The van der Waals surface area contributed by atoms with Crippen molar-refractivity contribution in [2.45, 2.75) is 89.9 Å². The molecular formula is C30H44N2O7. The first-order valence-corrected chi connectivity index (χ1v) is 15.0. The number of hydrogen-bond donors (Lipinski definition) is 2. The topological polar surface area (TPSA) is 114 Å². The first-order valence-electron chi connectivity index (χ1n) is 15.0. The molecule has 2 N–H and O–H groups in total. The third kappa shape index (κ3) is 4.30. The van der Waals surface area contributed by atoms with Crippen LogP contribution in [0.2, 0.25) is 0 Å². The van der Waals surface area contributed by atoms with Gasteiger partial charge in [-0.05, 0) is 73.7 Å². The van der Waals surface area contributed by atoms with E-state index in [1.165, 1.54) is 6.92 Å². The van der Waals surface area contributed by atoms with Crippen LogP contribution in [0, 0.1) is 34.5 Å². The monoisotopic (exact) mass is 544 g/mol. The molecule has 9 heteroatoms. The molecule has 216 valence electrons. The quantitative estimate of drug-likeness (QED) is 0.525. The van der Waals surface area contributed by atoms with Crippen LogP contribution in [0.1, 0.15) is 72.1 Å². The molecular weight excluding hydrogens is 500 g/mol. The molecule has 2 heterocycles. The van der Waals surface area contributed by atoms with Crippen molar-refractivity contribution in [1.29, 1.82) is 0 Å². The summed E-state index contributed by atoms with van der Waals surface area (Å²) in [5, 5.41) is 16.0. The molecule has 2 amide bonds. The minimum atomic E-state index is -0.984. The minimum Gasteiger partial charge on any atom is -0.462 e. The Kier molecular flexibility index (Phi) is 6.77. The number of hydrogen-bond acceptors (Lipinski definition) is 7. The zero-order chi connectivity index (χ0) is 27.6. The number of fused-ring (bicyclic) bond motifs is 5. The van der Waals surface area contributed by atoms with E-state index in [9.17, 15) is 19.5 Å². The summed E-state index contributed by atoms with van der Waals surface area (Å²) in [4.78, 5) is 38.8. The molecule has 0 unspecified atom stereocenters. The summed E-state index contributed by atoms with van der Waals surface area (Å²) < 4.78 is 16.5. The molecule has 9 nitrogen and oxygen atoms in total. The molecule has 5 fully saturated rings. The zero-order valence-corrected chi connectivity index (χ0v) is 23.6. The van der Waals surface area contributed by atoms with Crippen LogP contribution in [0.15, 0.2) is 11.6 Å². The Morgan fingerprint density at radius 2 is 1.87 bits per heavy atom. The normalized spacial score (nSPS) is 45.4. The van der Waals surface area contributed by atoms with Crippen LogP contribution in [0.25, 0.3) is 0 Å². The van der Waals surface area contributed by atoms with Gasteiger partial charge in [-0.25, -0.2) is 9.59 Å². The smallest absolute Gasteiger partial charge is 0.331 e. The van der Waals surface area contributed by atoms with E-state index < -0.39 is 17.1 Å². The summed E-state index contributed by atoms with van der Waals surface area (Å²) in [6.45, 7) is 8.68. The van der Waals surface area contributed by atoms with Gasteiger partial charge in [0, 0.05) is 49.9 Å². The molecule has 2 aliphatic heterocycles. The summed E-state index contributed by atoms with van der Waals surface area (Å²) in [5.41, 5.74) is -0.538. The van der Waals surface area contributed by atoms with Crippen molar-refractivity contribution in [2.24, 2.45) is 34.5 Å². The molecule has 4 aliphatic carbocycles. The number of carbonyl (C=O) groups excluding carboxylic acids is 3. The standard InChI is InChI=1S/C30H44N2O7/c1-18(33)39-24-16-30(36)23-5-4-20-15-21(31-27(35)32-10-12-37-13-11-32)6-8-28(20,2)22(23)7-9-29(30,3)26(24)19-14-25(34)38-17-19/h14,20-24,26,36H,4-13,15-17H2,1-3H3,(H,31,35)/t20-,21+,22+,23-,24+,26+,28+,29-,30+/m1/s1. The molecule has 0 spiro atoms. The maximum Gasteiger partial charge on any atom is 0.331 e. The number of amides is 2. The predicted octanol–water partition coefficient (Wildman–Crippen LogP) is 3.20. The van der Waals surface area contributed by atoms with E-state index in [2.05, 4.69) is 19.2 Å². The van der Waals surface area contributed by atoms with Gasteiger partial charge in [-0.15, -0.1) is 0 Å². The number of cyclic esters (lactones) is 1. The number of nitrogens with one attached hydrogen (secondary N) is 1.